The predicted octanol–water partition coefficient (Wildman–Crippen LogP) is 2.06. The average Bonchev–Trinajstić information content (AvgIpc) is 3.51. The third-order valence-electron chi connectivity index (χ3n) is 5.72. The summed E-state index contributed by atoms with van der Waals surface area (Å²) >= 11 is 0. The molecule has 32 heavy (non-hydrogen) atoms. The van der Waals surface area contributed by atoms with Crippen molar-refractivity contribution in [3.05, 3.63) is 52.3 Å². The molecular weight excluding hydrogens is 422 g/mol. The van der Waals surface area contributed by atoms with Crippen molar-refractivity contribution in [3.63, 3.8) is 0 Å². The number of fused-ring (bicyclic) bond motifs is 1. The number of rotatable bonds is 7. The monoisotopic (exact) mass is 446 g/mol. The first-order valence-corrected chi connectivity index (χ1v) is 10.5. The van der Waals surface area contributed by atoms with E-state index in [1.165, 1.54) is 12.0 Å². The molecule has 2 aliphatic rings. The summed E-state index contributed by atoms with van der Waals surface area (Å²) in [7, 11) is 1.27. The summed E-state index contributed by atoms with van der Waals surface area (Å²) in [5.41, 5.74) is 1.64. The molecule has 1 aliphatic heterocycles. The molecule has 2 amide bonds. The summed E-state index contributed by atoms with van der Waals surface area (Å²) < 4.78 is 33.6. The number of benzene rings is 1. The normalized spacial score (nSPS) is 15.3. The maximum absolute atomic E-state index is 13.6. The fourth-order valence-corrected chi connectivity index (χ4v) is 3.87. The summed E-state index contributed by atoms with van der Waals surface area (Å²) in [6.45, 7) is 1.27. The standard InChI is InChI=1S/C22H24F2N4O4/c1-32-19(29)4-6-25-21(30)20-17-12-27(22(31)14-8-15(23)10-16(24)9-14)7-5-18(17)28(26-20)11-13-2-3-13/h8-10,13H,2-7,11-12H2,1H3,(H,25,30). The largest absolute Gasteiger partial charge is 0.469 e. The lowest BCUT2D eigenvalue weighted by molar-refractivity contribution is -0.140. The number of nitrogens with zero attached hydrogens (tertiary/aromatic N) is 3. The van der Waals surface area contributed by atoms with E-state index < -0.39 is 29.4 Å². The molecule has 2 heterocycles. The van der Waals surface area contributed by atoms with E-state index in [1.807, 2.05) is 4.68 Å². The number of esters is 1. The van der Waals surface area contributed by atoms with E-state index in [1.54, 1.807) is 0 Å². The summed E-state index contributed by atoms with van der Waals surface area (Å²) in [6, 6.07) is 2.71. The molecule has 0 atom stereocenters. The number of nitrogens with one attached hydrogen (secondary N) is 1. The number of carbonyl (C=O) groups is 3. The van der Waals surface area contributed by atoms with Crippen LogP contribution in [0.2, 0.25) is 0 Å². The molecular formula is C22H24F2N4O4. The van der Waals surface area contributed by atoms with Gasteiger partial charge in [0.2, 0.25) is 0 Å². The van der Waals surface area contributed by atoms with Gasteiger partial charge in [0, 0.05) is 48.9 Å². The molecule has 0 bridgehead atoms. The number of amides is 2. The van der Waals surface area contributed by atoms with E-state index in [4.69, 9.17) is 0 Å². The van der Waals surface area contributed by atoms with Crippen molar-refractivity contribution in [3.8, 4) is 0 Å². The van der Waals surface area contributed by atoms with E-state index in [0.717, 1.165) is 30.7 Å². The zero-order valence-electron chi connectivity index (χ0n) is 17.7. The Bertz CT molecular complexity index is 1040. The van der Waals surface area contributed by atoms with Crippen LogP contribution in [-0.2, 0) is 29.0 Å². The second kappa shape index (κ2) is 9.05. The minimum absolute atomic E-state index is 0.0307. The van der Waals surface area contributed by atoms with Crippen molar-refractivity contribution in [2.24, 2.45) is 5.92 Å². The first-order valence-electron chi connectivity index (χ1n) is 10.5. The van der Waals surface area contributed by atoms with Gasteiger partial charge in [-0.2, -0.15) is 5.10 Å². The van der Waals surface area contributed by atoms with Crippen molar-refractivity contribution < 1.29 is 27.9 Å². The zero-order valence-corrected chi connectivity index (χ0v) is 17.7. The van der Waals surface area contributed by atoms with Crippen molar-refractivity contribution in [2.45, 2.75) is 38.8 Å². The Kier molecular flexibility index (Phi) is 6.20. The number of hydrogen-bond donors (Lipinski definition) is 1. The molecule has 0 radical (unpaired) electrons. The van der Waals surface area contributed by atoms with E-state index in [2.05, 4.69) is 15.2 Å². The summed E-state index contributed by atoms with van der Waals surface area (Å²) in [6.07, 6.45) is 2.74. The van der Waals surface area contributed by atoms with Crippen LogP contribution in [0.25, 0.3) is 0 Å². The van der Waals surface area contributed by atoms with Crippen LogP contribution in [0.5, 0.6) is 0 Å². The van der Waals surface area contributed by atoms with Gasteiger partial charge in [0.15, 0.2) is 5.69 Å². The highest BCUT2D eigenvalue weighted by Crippen LogP contribution is 2.33. The second-order valence-corrected chi connectivity index (χ2v) is 8.12. The van der Waals surface area contributed by atoms with E-state index in [0.29, 0.717) is 37.1 Å². The van der Waals surface area contributed by atoms with Gasteiger partial charge in [-0.05, 0) is 30.9 Å². The molecule has 1 saturated carbocycles. The van der Waals surface area contributed by atoms with Gasteiger partial charge >= 0.3 is 5.97 Å². The number of halogens is 2. The van der Waals surface area contributed by atoms with Gasteiger partial charge in [-0.25, -0.2) is 8.78 Å². The molecule has 0 unspecified atom stereocenters. The fraction of sp³-hybridized carbons (Fsp3) is 0.455. The molecule has 1 fully saturated rings. The number of aromatic nitrogens is 2. The van der Waals surface area contributed by atoms with E-state index in [-0.39, 0.29) is 30.8 Å². The Hall–Kier alpha value is -3.30. The van der Waals surface area contributed by atoms with E-state index >= 15 is 0 Å². The number of hydrogen-bond acceptors (Lipinski definition) is 5. The van der Waals surface area contributed by atoms with Crippen molar-refractivity contribution in [2.75, 3.05) is 20.2 Å². The lowest BCUT2D eigenvalue weighted by Crippen LogP contribution is -2.37. The Morgan fingerprint density at radius 3 is 2.56 bits per heavy atom. The number of methoxy groups -OCH3 is 1. The summed E-state index contributed by atoms with van der Waals surface area (Å²) in [4.78, 5) is 38.4. The SMILES string of the molecule is COC(=O)CCNC(=O)c1nn(CC2CC2)c2c1CN(C(=O)c1cc(F)cc(F)c1)CC2. The molecule has 1 aliphatic carbocycles. The van der Waals surface area contributed by atoms with Gasteiger partial charge in [-0.3, -0.25) is 19.1 Å². The number of carbonyl (C=O) groups excluding carboxylic acids is 3. The molecule has 10 heteroatoms. The lowest BCUT2D eigenvalue weighted by Gasteiger charge is -2.28. The van der Waals surface area contributed by atoms with Crippen LogP contribution in [0.3, 0.4) is 0 Å². The maximum Gasteiger partial charge on any atom is 0.307 e. The van der Waals surface area contributed by atoms with Gasteiger partial charge in [-0.1, -0.05) is 0 Å². The van der Waals surface area contributed by atoms with Gasteiger partial charge in [0.25, 0.3) is 11.8 Å². The van der Waals surface area contributed by atoms with E-state index in [9.17, 15) is 23.2 Å². The molecule has 1 aromatic carbocycles. The Labute approximate surface area is 183 Å². The first kappa shape index (κ1) is 21.9. The minimum atomic E-state index is -0.825. The molecule has 2 aromatic rings. The van der Waals surface area contributed by atoms with Gasteiger partial charge in [0.1, 0.15) is 11.6 Å². The number of ether oxygens (including phenoxy) is 1. The molecule has 0 saturated heterocycles. The second-order valence-electron chi connectivity index (χ2n) is 8.12. The minimum Gasteiger partial charge on any atom is -0.469 e. The highest BCUT2D eigenvalue weighted by atomic mass is 19.1. The lowest BCUT2D eigenvalue weighted by atomic mass is 10.0. The Balaban J connectivity index is 1.56. The van der Waals surface area contributed by atoms with Crippen LogP contribution in [-0.4, -0.2) is 52.7 Å². The molecule has 1 aromatic heterocycles. The van der Waals surface area contributed by atoms with Crippen LogP contribution in [0, 0.1) is 17.6 Å². The summed E-state index contributed by atoms with van der Waals surface area (Å²) in [5.74, 6) is -2.51. The smallest absolute Gasteiger partial charge is 0.307 e. The maximum atomic E-state index is 13.6. The molecule has 170 valence electrons. The third-order valence-corrected chi connectivity index (χ3v) is 5.72. The first-order chi connectivity index (χ1) is 15.4. The van der Waals surface area contributed by atoms with Crippen LogP contribution in [0.15, 0.2) is 18.2 Å². The van der Waals surface area contributed by atoms with Crippen molar-refractivity contribution in [1.82, 2.24) is 20.0 Å². The fourth-order valence-electron chi connectivity index (χ4n) is 3.87. The highest BCUT2D eigenvalue weighted by molar-refractivity contribution is 5.96. The van der Waals surface area contributed by atoms with Gasteiger partial charge < -0.3 is 15.0 Å². The highest BCUT2D eigenvalue weighted by Gasteiger charge is 2.32. The van der Waals surface area contributed by atoms with Crippen molar-refractivity contribution >= 4 is 17.8 Å². The van der Waals surface area contributed by atoms with Crippen molar-refractivity contribution in [1.29, 1.82) is 0 Å². The summed E-state index contributed by atoms with van der Waals surface area (Å²) in [5, 5.41) is 7.18. The third kappa shape index (κ3) is 4.79. The Morgan fingerprint density at radius 1 is 1.19 bits per heavy atom. The van der Waals surface area contributed by atoms with Crippen LogP contribution >= 0.6 is 0 Å². The van der Waals surface area contributed by atoms with Crippen LogP contribution in [0.1, 0.15) is 51.4 Å². The van der Waals surface area contributed by atoms with Crippen LogP contribution in [0.4, 0.5) is 8.78 Å². The van der Waals surface area contributed by atoms with Gasteiger partial charge in [0.05, 0.1) is 20.1 Å². The van der Waals surface area contributed by atoms with Gasteiger partial charge in [-0.15, -0.1) is 0 Å². The topological polar surface area (TPSA) is 93.5 Å². The molecule has 0 spiro atoms. The average molecular weight is 446 g/mol. The predicted molar refractivity (Wildman–Crippen MR) is 109 cm³/mol. The zero-order chi connectivity index (χ0) is 22.8. The molecule has 8 nitrogen and oxygen atoms in total. The molecule has 4 rings (SSSR count). The van der Waals surface area contributed by atoms with Crippen LogP contribution < -0.4 is 5.32 Å². The Morgan fingerprint density at radius 2 is 1.91 bits per heavy atom. The molecule has 1 N–H and O–H groups in total. The quantitative estimate of drug-likeness (QED) is 0.658.